The monoisotopic (exact) mass is 395 g/mol. The van der Waals surface area contributed by atoms with E-state index in [1.54, 1.807) is 0 Å². The van der Waals surface area contributed by atoms with E-state index in [0.29, 0.717) is 0 Å². The van der Waals surface area contributed by atoms with Gasteiger partial charge in [0.15, 0.2) is 0 Å². The summed E-state index contributed by atoms with van der Waals surface area (Å²) in [6.07, 6.45) is 0. The second kappa shape index (κ2) is 138. The van der Waals surface area contributed by atoms with Crippen molar-refractivity contribution in [2.45, 2.75) is 0 Å². The minimum atomic E-state index is 0.976. The van der Waals surface area contributed by atoms with Crippen LogP contribution in [-0.4, -0.2) is 37.9 Å². The summed E-state index contributed by atoms with van der Waals surface area (Å²) >= 11 is 10.8. The Hall–Kier alpha value is -1.71. The number of rotatable bonds is 2. The van der Waals surface area contributed by atoms with E-state index in [0.717, 1.165) is 16.8 Å². The SMILES string of the molecule is C[N+](C)(C)CCS.[C-]#N.[C-]#N.[C-]#N.[C-]#N.[C-]#N.[C-]#N.[Fe]=[Cu]. The van der Waals surface area contributed by atoms with Crippen LogP contribution in [0.5, 0.6) is 0 Å². The first kappa shape index (κ1) is 50.6. The van der Waals surface area contributed by atoms with E-state index >= 15 is 0 Å². The molecule has 0 aromatic carbocycles. The van der Waals surface area contributed by atoms with Crippen LogP contribution in [0.3, 0.4) is 0 Å². The average Bonchev–Trinajstić information content (AvgIpc) is 2.59. The molecule has 0 saturated carbocycles. The van der Waals surface area contributed by atoms with Gasteiger partial charge in [-0.2, -0.15) is 12.6 Å². The third kappa shape index (κ3) is 926. The van der Waals surface area contributed by atoms with Crippen molar-refractivity contribution in [3.05, 3.63) is 39.4 Å². The van der Waals surface area contributed by atoms with Gasteiger partial charge in [-0.1, -0.05) is 0 Å². The van der Waals surface area contributed by atoms with Crippen LogP contribution in [0.25, 0.3) is 0 Å². The number of hydrogen-bond donors (Lipinski definition) is 1. The number of thiol groups is 1. The molecule has 0 rings (SSSR count). The van der Waals surface area contributed by atoms with E-state index < -0.39 is 0 Å². The van der Waals surface area contributed by atoms with Crippen LogP contribution in [0.4, 0.5) is 0 Å². The quantitative estimate of drug-likeness (QED) is 0.322. The zero-order valence-corrected chi connectivity index (χ0v) is 14.6. The number of hydrogen-bond acceptors (Lipinski definition) is 7. The van der Waals surface area contributed by atoms with Crippen molar-refractivity contribution >= 4 is 12.6 Å². The fraction of sp³-hybridized carbons (Fsp3) is 0.455. The molecule has 0 amide bonds. The molecule has 0 radical (unpaired) electrons. The van der Waals surface area contributed by atoms with Crippen molar-refractivity contribution < 1.29 is 31.8 Å². The number of quaternary nitrogens is 1. The van der Waals surface area contributed by atoms with E-state index in [2.05, 4.69) is 61.1 Å². The molecule has 0 aliphatic carbocycles. The third-order valence-corrected chi connectivity index (χ3v) is 0.971. The molecule has 0 aromatic rings. The van der Waals surface area contributed by atoms with Crippen LogP contribution in [-0.2, 0) is 27.3 Å². The molecule has 0 aliphatic rings. The summed E-state index contributed by atoms with van der Waals surface area (Å²) in [5.74, 6) is 0.976. The molecule has 0 bridgehead atoms. The second-order valence-corrected chi connectivity index (χ2v) is 3.18. The van der Waals surface area contributed by atoms with Crippen LogP contribution in [0, 0.1) is 71.0 Å². The summed E-state index contributed by atoms with van der Waals surface area (Å²) < 4.78 is 1.02. The molecule has 0 N–H and O–H groups in total. The van der Waals surface area contributed by atoms with E-state index in [1.807, 2.05) is 0 Å². The Morgan fingerprint density at radius 3 is 0.857 bits per heavy atom. The van der Waals surface area contributed by atoms with Gasteiger partial charge in [-0.3, -0.25) is 0 Å². The fourth-order valence-electron chi connectivity index (χ4n) is 0.300. The van der Waals surface area contributed by atoms with Crippen LogP contribution >= 0.6 is 12.6 Å². The van der Waals surface area contributed by atoms with Crippen LogP contribution < -0.4 is 0 Å². The summed E-state index contributed by atoms with van der Waals surface area (Å²) in [6, 6.07) is 0. The molecule has 123 valence electrons. The Balaban J connectivity index is -0.0000000173. The van der Waals surface area contributed by atoms with Gasteiger partial charge in [-0.15, -0.1) is 0 Å². The zero-order valence-electron chi connectivity index (χ0n) is 11.6. The van der Waals surface area contributed by atoms with E-state index in [9.17, 15) is 0 Å². The van der Waals surface area contributed by atoms with Gasteiger partial charge in [-0.05, 0) is 0 Å². The van der Waals surface area contributed by atoms with Gasteiger partial charge in [0, 0.05) is 5.75 Å². The maximum atomic E-state index is 6.25. The molecule has 7 nitrogen and oxygen atoms in total. The Morgan fingerprint density at radius 2 is 0.857 bits per heavy atom. The van der Waals surface area contributed by atoms with Crippen molar-refractivity contribution in [1.82, 2.24) is 0 Å². The summed E-state index contributed by atoms with van der Waals surface area (Å²) in [7, 11) is 6.49. The van der Waals surface area contributed by atoms with Gasteiger partial charge < -0.3 is 75.5 Å². The average molecular weight is 396 g/mol. The molecule has 0 aromatic heterocycles. The molecule has 0 unspecified atom stereocenters. The molecule has 0 heterocycles. The van der Waals surface area contributed by atoms with Crippen molar-refractivity contribution in [2.75, 3.05) is 33.4 Å². The Morgan fingerprint density at radius 1 is 0.714 bits per heavy atom. The summed E-state index contributed by atoms with van der Waals surface area (Å²) in [4.78, 5) is 0. The molecule has 0 fully saturated rings. The predicted molar refractivity (Wildman–Crippen MR) is 66.6 cm³/mol. The molecular formula is C11H14CuFeN7S-5. The van der Waals surface area contributed by atoms with Crippen molar-refractivity contribution in [3.63, 3.8) is 0 Å². The van der Waals surface area contributed by atoms with Gasteiger partial charge in [0.1, 0.15) is 0 Å². The van der Waals surface area contributed by atoms with E-state index in [-0.39, 0.29) is 0 Å². The van der Waals surface area contributed by atoms with Gasteiger partial charge >= 0.3 is 27.3 Å². The first-order chi connectivity index (χ1) is 10.1. The van der Waals surface area contributed by atoms with Gasteiger partial charge in [0.25, 0.3) is 0 Å². The Labute approximate surface area is 148 Å². The molecule has 0 saturated heterocycles. The second-order valence-electron chi connectivity index (χ2n) is 2.74. The van der Waals surface area contributed by atoms with Crippen molar-refractivity contribution in [2.24, 2.45) is 0 Å². The molecular weight excluding hydrogens is 382 g/mol. The normalized spacial score (nSPS) is 4.90. The summed E-state index contributed by atoms with van der Waals surface area (Å²) in [5, 5.41) is 37.5. The van der Waals surface area contributed by atoms with Crippen LogP contribution in [0.15, 0.2) is 0 Å². The summed E-state index contributed by atoms with van der Waals surface area (Å²) in [6.45, 7) is 29.6. The first-order valence-corrected chi connectivity index (χ1v) is 6.26. The van der Waals surface area contributed by atoms with Gasteiger partial charge in [0.2, 0.25) is 0 Å². The number of nitrogens with zero attached hydrogens (tertiary/aromatic N) is 7. The molecule has 21 heavy (non-hydrogen) atoms. The topological polar surface area (TPSA) is 143 Å². The molecule has 0 spiro atoms. The standard InChI is InChI=1S/C5H13NS.6CN.Cu.Fe/c1-6(2,3)4-5-7;6*1-2;;/h4-5H2,1-3H3;;;;;;;;/q;6*-1;;/p+1. The zero-order chi connectivity index (χ0) is 19.9. The Bertz CT molecular complexity index is 207. The summed E-state index contributed by atoms with van der Waals surface area (Å²) in [5.41, 5.74) is 0. The predicted octanol–water partition coefficient (Wildman–Crippen LogP) is 1.20. The molecule has 0 atom stereocenters. The minimum absolute atomic E-state index is 0.976. The Kier molecular flexibility index (Phi) is 333. The molecule has 0 aliphatic heterocycles. The van der Waals surface area contributed by atoms with Crippen molar-refractivity contribution in [1.29, 1.82) is 31.6 Å². The van der Waals surface area contributed by atoms with Crippen molar-refractivity contribution in [3.8, 4) is 0 Å². The maximum absolute atomic E-state index is 6.25. The first-order valence-electron chi connectivity index (χ1n) is 3.92. The van der Waals surface area contributed by atoms with Crippen LogP contribution in [0.2, 0.25) is 0 Å². The third-order valence-electron chi connectivity index (χ3n) is 0.771. The molecule has 10 heteroatoms. The van der Waals surface area contributed by atoms with Gasteiger partial charge in [0.05, 0.1) is 27.7 Å². The van der Waals surface area contributed by atoms with E-state index in [4.69, 9.17) is 71.0 Å². The van der Waals surface area contributed by atoms with E-state index in [1.165, 1.54) is 0 Å². The van der Waals surface area contributed by atoms with Gasteiger partial charge in [-0.25, -0.2) is 0 Å². The fourth-order valence-corrected chi connectivity index (χ4v) is 0.900. The van der Waals surface area contributed by atoms with Crippen LogP contribution in [0.1, 0.15) is 0 Å².